The zero-order valence-corrected chi connectivity index (χ0v) is 14.9. The van der Waals surface area contributed by atoms with Crippen LogP contribution in [0.25, 0.3) is 0 Å². The van der Waals surface area contributed by atoms with Gasteiger partial charge in [-0.05, 0) is 49.1 Å². The smallest absolute Gasteiger partial charge is 0.223 e. The van der Waals surface area contributed by atoms with E-state index in [4.69, 9.17) is 0 Å². The molecule has 5 heteroatoms. The molecule has 1 aromatic heterocycles. The summed E-state index contributed by atoms with van der Waals surface area (Å²) in [7, 11) is 0. The van der Waals surface area contributed by atoms with Gasteiger partial charge < -0.3 is 14.9 Å². The largest absolute Gasteiger partial charge is 0.506 e. The maximum atomic E-state index is 12.5. The van der Waals surface area contributed by atoms with Gasteiger partial charge in [0.05, 0.1) is 6.20 Å². The number of aromatic hydroxyl groups is 1. The molecule has 2 heterocycles. The van der Waals surface area contributed by atoms with E-state index in [1.165, 1.54) is 22.9 Å². The number of carbonyl (C=O) groups is 1. The number of hydrogen-bond acceptors (Lipinski definition) is 4. The van der Waals surface area contributed by atoms with Crippen LogP contribution >= 0.6 is 0 Å². The van der Waals surface area contributed by atoms with Crippen LogP contribution in [0.15, 0.2) is 36.5 Å². The Balaban J connectivity index is 1.51. The lowest BCUT2D eigenvalue weighted by atomic mass is 9.99. The van der Waals surface area contributed by atoms with Gasteiger partial charge in [-0.15, -0.1) is 0 Å². The summed E-state index contributed by atoms with van der Waals surface area (Å²) in [6, 6.07) is 9.74. The Labute approximate surface area is 148 Å². The molecule has 2 aromatic rings. The molecule has 132 valence electrons. The molecule has 0 unspecified atom stereocenters. The number of aromatic nitrogens is 1. The second-order valence-electron chi connectivity index (χ2n) is 6.60. The average molecular weight is 339 g/mol. The summed E-state index contributed by atoms with van der Waals surface area (Å²) < 4.78 is 0. The van der Waals surface area contributed by atoms with Crippen LogP contribution in [0.2, 0.25) is 0 Å². The molecule has 0 spiro atoms. The first kappa shape index (κ1) is 17.3. The molecule has 1 aliphatic rings. The number of rotatable bonds is 4. The second kappa shape index (κ2) is 7.55. The quantitative estimate of drug-likeness (QED) is 0.930. The number of nitrogens with zero attached hydrogens (tertiary/aromatic N) is 3. The predicted molar refractivity (Wildman–Crippen MR) is 98.9 cm³/mol. The lowest BCUT2D eigenvalue weighted by molar-refractivity contribution is -0.131. The summed E-state index contributed by atoms with van der Waals surface area (Å²) in [4.78, 5) is 20.8. The lowest BCUT2D eigenvalue weighted by Gasteiger charge is -2.35. The Hall–Kier alpha value is -2.56. The Kier molecular flexibility index (Phi) is 5.22. The molecule has 1 aliphatic heterocycles. The molecule has 0 atom stereocenters. The monoisotopic (exact) mass is 339 g/mol. The Morgan fingerprint density at radius 3 is 2.56 bits per heavy atom. The van der Waals surface area contributed by atoms with E-state index in [0.29, 0.717) is 19.5 Å². The second-order valence-corrected chi connectivity index (χ2v) is 6.60. The van der Waals surface area contributed by atoms with E-state index in [1.54, 1.807) is 6.07 Å². The maximum absolute atomic E-state index is 12.5. The van der Waals surface area contributed by atoms with Gasteiger partial charge in [-0.1, -0.05) is 18.2 Å². The van der Waals surface area contributed by atoms with Crippen LogP contribution < -0.4 is 4.90 Å². The van der Waals surface area contributed by atoms with Gasteiger partial charge in [0.1, 0.15) is 11.6 Å². The van der Waals surface area contributed by atoms with Gasteiger partial charge in [0.15, 0.2) is 0 Å². The summed E-state index contributed by atoms with van der Waals surface area (Å²) in [5.41, 5.74) is 3.83. The van der Waals surface area contributed by atoms with Crippen molar-refractivity contribution in [2.24, 2.45) is 0 Å². The molecule has 1 N–H and O–H groups in total. The third-order valence-corrected chi connectivity index (χ3v) is 5.01. The van der Waals surface area contributed by atoms with E-state index in [-0.39, 0.29) is 11.7 Å². The van der Waals surface area contributed by atoms with Crippen molar-refractivity contribution in [3.8, 4) is 5.75 Å². The maximum Gasteiger partial charge on any atom is 0.223 e. The van der Waals surface area contributed by atoms with Crippen molar-refractivity contribution in [3.05, 3.63) is 53.2 Å². The number of carbonyl (C=O) groups excluding carboxylic acids is 1. The summed E-state index contributed by atoms with van der Waals surface area (Å²) >= 11 is 0. The minimum Gasteiger partial charge on any atom is -0.506 e. The van der Waals surface area contributed by atoms with Crippen LogP contribution in [-0.2, 0) is 11.2 Å². The standard InChI is InChI=1S/C20H25N3O2/c1-15-4-3-5-17(16(15)2)6-9-20(25)23-12-10-22(11-13-23)19-8-7-18(24)14-21-19/h3-5,7-8,14,24H,6,9-13H2,1-2H3. The fourth-order valence-electron chi connectivity index (χ4n) is 3.23. The van der Waals surface area contributed by atoms with Gasteiger partial charge in [-0.25, -0.2) is 4.98 Å². The molecule has 1 amide bonds. The van der Waals surface area contributed by atoms with Crippen LogP contribution in [-0.4, -0.2) is 47.1 Å². The first-order valence-corrected chi connectivity index (χ1v) is 8.77. The number of piperazine rings is 1. The molecule has 1 aromatic carbocycles. The fourth-order valence-corrected chi connectivity index (χ4v) is 3.23. The summed E-state index contributed by atoms with van der Waals surface area (Å²) in [5, 5.41) is 9.33. The van der Waals surface area contributed by atoms with Crippen LogP contribution in [0.4, 0.5) is 5.82 Å². The summed E-state index contributed by atoms with van der Waals surface area (Å²) in [6.07, 6.45) is 2.81. The van der Waals surface area contributed by atoms with E-state index < -0.39 is 0 Å². The minimum absolute atomic E-state index is 0.170. The predicted octanol–water partition coefficient (Wildman–Crippen LogP) is 2.69. The highest BCUT2D eigenvalue weighted by Crippen LogP contribution is 2.18. The summed E-state index contributed by atoms with van der Waals surface area (Å²) in [6.45, 7) is 7.21. The fraction of sp³-hybridized carbons (Fsp3) is 0.400. The molecule has 0 saturated carbocycles. The molecule has 0 aliphatic carbocycles. The topological polar surface area (TPSA) is 56.7 Å². The van der Waals surface area contributed by atoms with E-state index in [1.807, 2.05) is 11.0 Å². The third kappa shape index (κ3) is 4.10. The summed E-state index contributed by atoms with van der Waals surface area (Å²) in [5.74, 6) is 1.24. The highest BCUT2D eigenvalue weighted by molar-refractivity contribution is 5.76. The first-order valence-electron chi connectivity index (χ1n) is 8.77. The number of aryl methyl sites for hydroxylation is 2. The number of amides is 1. The third-order valence-electron chi connectivity index (χ3n) is 5.01. The van der Waals surface area contributed by atoms with Crippen molar-refractivity contribution >= 4 is 11.7 Å². The van der Waals surface area contributed by atoms with Crippen LogP contribution in [0.1, 0.15) is 23.1 Å². The van der Waals surface area contributed by atoms with Gasteiger partial charge in [-0.3, -0.25) is 4.79 Å². The van der Waals surface area contributed by atoms with Crippen LogP contribution in [0, 0.1) is 13.8 Å². The molecule has 0 radical (unpaired) electrons. The number of pyridine rings is 1. The van der Waals surface area contributed by atoms with E-state index in [0.717, 1.165) is 25.3 Å². The molecular weight excluding hydrogens is 314 g/mol. The van der Waals surface area contributed by atoms with Crippen molar-refractivity contribution in [3.63, 3.8) is 0 Å². The molecule has 5 nitrogen and oxygen atoms in total. The Morgan fingerprint density at radius 1 is 1.12 bits per heavy atom. The molecule has 3 rings (SSSR count). The van der Waals surface area contributed by atoms with Crippen molar-refractivity contribution < 1.29 is 9.90 Å². The van der Waals surface area contributed by atoms with E-state index in [2.05, 4.69) is 41.9 Å². The Bertz CT molecular complexity index is 735. The number of benzene rings is 1. The van der Waals surface area contributed by atoms with Crippen molar-refractivity contribution in [2.45, 2.75) is 26.7 Å². The van der Waals surface area contributed by atoms with Crippen molar-refractivity contribution in [1.82, 2.24) is 9.88 Å². The van der Waals surface area contributed by atoms with Crippen LogP contribution in [0.3, 0.4) is 0 Å². The first-order chi connectivity index (χ1) is 12.0. The van der Waals surface area contributed by atoms with Crippen LogP contribution in [0.5, 0.6) is 5.75 Å². The highest BCUT2D eigenvalue weighted by atomic mass is 16.3. The average Bonchev–Trinajstić information content (AvgIpc) is 2.63. The lowest BCUT2D eigenvalue weighted by Crippen LogP contribution is -2.49. The van der Waals surface area contributed by atoms with Crippen molar-refractivity contribution in [2.75, 3.05) is 31.1 Å². The van der Waals surface area contributed by atoms with Gasteiger partial charge in [0.2, 0.25) is 5.91 Å². The SMILES string of the molecule is Cc1cccc(CCC(=O)N2CCN(c3ccc(O)cn3)CC2)c1C. The van der Waals surface area contributed by atoms with Gasteiger partial charge in [0, 0.05) is 32.6 Å². The van der Waals surface area contributed by atoms with Crippen molar-refractivity contribution in [1.29, 1.82) is 0 Å². The minimum atomic E-state index is 0.170. The Morgan fingerprint density at radius 2 is 1.88 bits per heavy atom. The molecule has 25 heavy (non-hydrogen) atoms. The van der Waals surface area contributed by atoms with E-state index in [9.17, 15) is 9.90 Å². The van der Waals surface area contributed by atoms with Gasteiger partial charge in [-0.2, -0.15) is 0 Å². The zero-order valence-electron chi connectivity index (χ0n) is 14.9. The number of anilines is 1. The molecule has 1 fully saturated rings. The van der Waals surface area contributed by atoms with Gasteiger partial charge in [0.25, 0.3) is 0 Å². The number of hydrogen-bond donors (Lipinski definition) is 1. The molecule has 0 bridgehead atoms. The van der Waals surface area contributed by atoms with Gasteiger partial charge >= 0.3 is 0 Å². The van der Waals surface area contributed by atoms with E-state index >= 15 is 0 Å². The highest BCUT2D eigenvalue weighted by Gasteiger charge is 2.21. The zero-order chi connectivity index (χ0) is 17.8. The molecular formula is C20H25N3O2. The molecule has 1 saturated heterocycles. The normalized spacial score (nSPS) is 14.6.